The Hall–Kier alpha value is -0.523. The summed E-state index contributed by atoms with van der Waals surface area (Å²) >= 11 is 1.65. The van der Waals surface area contributed by atoms with E-state index in [1.165, 1.54) is 12.3 Å². The number of hydrogen-bond acceptors (Lipinski definition) is 4. The van der Waals surface area contributed by atoms with Crippen LogP contribution in [0.5, 0.6) is 0 Å². The Balaban J connectivity index is 2.46. The van der Waals surface area contributed by atoms with Crippen LogP contribution in [0.1, 0.15) is 10.6 Å². The Morgan fingerprint density at radius 2 is 2.24 bits per heavy atom. The van der Waals surface area contributed by atoms with Gasteiger partial charge in [-0.05, 0) is 23.9 Å². The number of nitrogens with two attached hydrogens (primary N) is 1. The van der Waals surface area contributed by atoms with Gasteiger partial charge < -0.3 is 10.2 Å². The molecule has 96 valence electrons. The van der Waals surface area contributed by atoms with Crippen LogP contribution in [-0.4, -0.2) is 31.4 Å². The van der Waals surface area contributed by atoms with Crippen molar-refractivity contribution in [3.05, 3.63) is 24.2 Å². The third-order valence-corrected chi connectivity index (χ3v) is 5.80. The molecule has 0 aliphatic rings. The van der Waals surface area contributed by atoms with E-state index in [1.54, 1.807) is 23.9 Å². The molecule has 0 aliphatic heterocycles. The molecule has 0 radical (unpaired) electrons. The quantitative estimate of drug-likeness (QED) is 0.612. The maximum absolute atomic E-state index is 12.0. The summed E-state index contributed by atoms with van der Waals surface area (Å²) in [5.41, 5.74) is 5.66. The molecule has 0 saturated heterocycles. The Morgan fingerprint density at radius 1 is 1.53 bits per heavy atom. The van der Waals surface area contributed by atoms with Gasteiger partial charge in [-0.3, -0.25) is 4.79 Å². The molecule has 0 spiro atoms. The molecule has 17 heavy (non-hydrogen) atoms. The number of Topliss-reactive ketones (excluding diaryl/α,β-unsaturated/α-hetero) is 1. The van der Waals surface area contributed by atoms with Crippen LogP contribution >= 0.6 is 11.8 Å². The molecule has 2 N–H and O–H groups in total. The topological polar surface area (TPSA) is 56.2 Å². The number of rotatable bonds is 7. The van der Waals surface area contributed by atoms with Crippen LogP contribution in [0.2, 0.25) is 25.7 Å². The Morgan fingerprint density at radius 3 is 2.71 bits per heavy atom. The smallest absolute Gasteiger partial charge is 0.212 e. The van der Waals surface area contributed by atoms with Crippen molar-refractivity contribution in [1.29, 1.82) is 0 Å². The van der Waals surface area contributed by atoms with Crippen molar-refractivity contribution in [2.45, 2.75) is 30.9 Å². The zero-order valence-electron chi connectivity index (χ0n) is 10.7. The zero-order chi connectivity index (χ0) is 12.9. The fourth-order valence-corrected chi connectivity index (χ4v) is 4.94. The SMILES string of the molecule is C[Si](C)(C)CCSC(CN)C(=O)c1ccco1. The lowest BCUT2D eigenvalue weighted by Crippen LogP contribution is -2.28. The predicted molar refractivity (Wildman–Crippen MR) is 76.5 cm³/mol. The second-order valence-corrected chi connectivity index (χ2v) is 12.2. The van der Waals surface area contributed by atoms with Gasteiger partial charge in [0.05, 0.1) is 11.5 Å². The van der Waals surface area contributed by atoms with E-state index in [0.717, 1.165) is 5.75 Å². The molecular weight excluding hydrogens is 250 g/mol. The summed E-state index contributed by atoms with van der Waals surface area (Å²) in [6, 6.07) is 4.64. The molecule has 1 heterocycles. The molecule has 0 aliphatic carbocycles. The van der Waals surface area contributed by atoms with Gasteiger partial charge in [-0.1, -0.05) is 19.6 Å². The van der Waals surface area contributed by atoms with Crippen molar-refractivity contribution < 1.29 is 9.21 Å². The standard InChI is InChI=1S/C12H21NO2SSi/c1-17(2,3)8-7-16-11(9-13)12(14)10-5-4-6-15-10/h4-6,11H,7-9,13H2,1-3H3. The van der Waals surface area contributed by atoms with Gasteiger partial charge in [0.1, 0.15) is 0 Å². The van der Waals surface area contributed by atoms with Crippen molar-refractivity contribution in [1.82, 2.24) is 0 Å². The minimum Gasteiger partial charge on any atom is -0.461 e. The fourth-order valence-electron chi connectivity index (χ4n) is 1.34. The van der Waals surface area contributed by atoms with E-state index < -0.39 is 8.07 Å². The number of thioether (sulfide) groups is 1. The molecule has 0 fully saturated rings. The highest BCUT2D eigenvalue weighted by molar-refractivity contribution is 8.00. The Kier molecular flexibility index (Phi) is 5.49. The number of ketones is 1. The van der Waals surface area contributed by atoms with Crippen molar-refractivity contribution in [3.63, 3.8) is 0 Å². The van der Waals surface area contributed by atoms with Crippen LogP contribution in [0.25, 0.3) is 0 Å². The number of carbonyl (C=O) groups is 1. The lowest BCUT2D eigenvalue weighted by Gasteiger charge is -2.17. The van der Waals surface area contributed by atoms with Gasteiger partial charge >= 0.3 is 0 Å². The summed E-state index contributed by atoms with van der Waals surface area (Å²) in [5.74, 6) is 1.43. The van der Waals surface area contributed by atoms with Crippen LogP contribution in [0, 0.1) is 0 Å². The monoisotopic (exact) mass is 271 g/mol. The molecule has 1 rings (SSSR count). The van der Waals surface area contributed by atoms with Crippen LogP contribution in [0.3, 0.4) is 0 Å². The normalized spacial score (nSPS) is 13.6. The van der Waals surface area contributed by atoms with Crippen molar-refractivity contribution in [3.8, 4) is 0 Å². The van der Waals surface area contributed by atoms with Gasteiger partial charge in [0.2, 0.25) is 5.78 Å². The highest BCUT2D eigenvalue weighted by Crippen LogP contribution is 2.20. The minimum absolute atomic E-state index is 0.0121. The summed E-state index contributed by atoms with van der Waals surface area (Å²) in [5, 5.41) is -0.169. The van der Waals surface area contributed by atoms with E-state index in [1.807, 2.05) is 0 Å². The zero-order valence-corrected chi connectivity index (χ0v) is 12.5. The number of furan rings is 1. The van der Waals surface area contributed by atoms with Crippen molar-refractivity contribution in [2.24, 2.45) is 5.73 Å². The van der Waals surface area contributed by atoms with Gasteiger partial charge in [0.15, 0.2) is 5.76 Å². The van der Waals surface area contributed by atoms with Gasteiger partial charge in [-0.15, -0.1) is 11.8 Å². The van der Waals surface area contributed by atoms with Crippen LogP contribution in [-0.2, 0) is 0 Å². The van der Waals surface area contributed by atoms with Crippen LogP contribution < -0.4 is 5.73 Å². The van der Waals surface area contributed by atoms with E-state index in [-0.39, 0.29) is 11.0 Å². The van der Waals surface area contributed by atoms with Gasteiger partial charge in [0.25, 0.3) is 0 Å². The molecule has 0 amide bonds. The Bertz CT molecular complexity index is 346. The maximum atomic E-state index is 12.0. The minimum atomic E-state index is -1.03. The van der Waals surface area contributed by atoms with E-state index in [0.29, 0.717) is 12.3 Å². The van der Waals surface area contributed by atoms with E-state index in [4.69, 9.17) is 10.2 Å². The summed E-state index contributed by atoms with van der Waals surface area (Å²) < 4.78 is 5.12. The summed E-state index contributed by atoms with van der Waals surface area (Å²) in [7, 11) is -1.03. The van der Waals surface area contributed by atoms with Crippen molar-refractivity contribution in [2.75, 3.05) is 12.3 Å². The van der Waals surface area contributed by atoms with E-state index in [2.05, 4.69) is 19.6 Å². The highest BCUT2D eigenvalue weighted by atomic mass is 32.2. The van der Waals surface area contributed by atoms with Gasteiger partial charge in [-0.2, -0.15) is 0 Å². The highest BCUT2D eigenvalue weighted by Gasteiger charge is 2.22. The molecule has 0 aromatic carbocycles. The second-order valence-electron chi connectivity index (χ2n) is 5.25. The first-order chi connectivity index (χ1) is 7.94. The largest absolute Gasteiger partial charge is 0.461 e. The summed E-state index contributed by atoms with van der Waals surface area (Å²) in [6.45, 7) is 7.37. The first kappa shape index (κ1) is 14.5. The average molecular weight is 271 g/mol. The predicted octanol–water partition coefficient (Wildman–Crippen LogP) is 2.86. The molecule has 0 bridgehead atoms. The summed E-state index contributed by atoms with van der Waals surface area (Å²) in [6.07, 6.45) is 1.52. The third-order valence-electron chi connectivity index (χ3n) is 2.44. The van der Waals surface area contributed by atoms with E-state index in [9.17, 15) is 4.79 Å². The average Bonchev–Trinajstić information content (AvgIpc) is 2.75. The van der Waals surface area contributed by atoms with E-state index >= 15 is 0 Å². The third kappa shape index (κ3) is 5.10. The van der Waals surface area contributed by atoms with Gasteiger partial charge in [0, 0.05) is 14.6 Å². The molecule has 0 saturated carbocycles. The maximum Gasteiger partial charge on any atom is 0.212 e. The lowest BCUT2D eigenvalue weighted by atomic mass is 10.2. The molecular formula is C12H21NO2SSi. The fraction of sp³-hybridized carbons (Fsp3) is 0.583. The molecule has 5 heteroatoms. The summed E-state index contributed by atoms with van der Waals surface area (Å²) in [4.78, 5) is 12.0. The lowest BCUT2D eigenvalue weighted by molar-refractivity contribution is 0.0965. The van der Waals surface area contributed by atoms with Crippen LogP contribution in [0.15, 0.2) is 22.8 Å². The van der Waals surface area contributed by atoms with Crippen molar-refractivity contribution >= 4 is 25.6 Å². The molecule has 1 aromatic heterocycles. The first-order valence-electron chi connectivity index (χ1n) is 5.83. The number of hydrogen-bond donors (Lipinski definition) is 1. The first-order valence-corrected chi connectivity index (χ1v) is 10.6. The Labute approximate surface area is 108 Å². The van der Waals surface area contributed by atoms with Gasteiger partial charge in [-0.25, -0.2) is 0 Å². The molecule has 1 atom stereocenters. The molecule has 1 unspecified atom stereocenters. The molecule has 3 nitrogen and oxygen atoms in total. The second kappa shape index (κ2) is 6.42. The number of carbonyl (C=O) groups excluding carboxylic acids is 1. The van der Waals surface area contributed by atoms with Crippen LogP contribution in [0.4, 0.5) is 0 Å². The molecule has 1 aromatic rings.